The van der Waals surface area contributed by atoms with Gasteiger partial charge in [0.15, 0.2) is 4.96 Å². The van der Waals surface area contributed by atoms with Crippen LogP contribution in [0.2, 0.25) is 5.02 Å². The normalized spacial score (nSPS) is 11.2. The number of carbonyl (C=O) groups is 2. The van der Waals surface area contributed by atoms with Crippen LogP contribution in [0.3, 0.4) is 0 Å². The molecule has 2 amide bonds. The summed E-state index contributed by atoms with van der Waals surface area (Å²) in [6.07, 6.45) is 4.98. The van der Waals surface area contributed by atoms with Crippen molar-refractivity contribution in [3.05, 3.63) is 63.4 Å². The maximum absolute atomic E-state index is 12.0. The zero-order valence-corrected chi connectivity index (χ0v) is 15.1. The van der Waals surface area contributed by atoms with E-state index < -0.39 is 11.8 Å². The Morgan fingerprint density at radius 2 is 2.00 bits per heavy atom. The van der Waals surface area contributed by atoms with Gasteiger partial charge in [-0.15, -0.1) is 11.3 Å². The molecule has 0 fully saturated rings. The molecule has 0 aliphatic carbocycles. The number of aryl methyl sites for hydroxylation is 2. The summed E-state index contributed by atoms with van der Waals surface area (Å²) in [7, 11) is 0. The Morgan fingerprint density at radius 1 is 1.24 bits per heavy atom. The number of amides is 2. The topological polar surface area (TPSA) is 75.5 Å². The Morgan fingerprint density at radius 3 is 2.76 bits per heavy atom. The number of nitrogens with one attached hydrogen (secondary N) is 2. The van der Waals surface area contributed by atoms with Crippen LogP contribution in [-0.4, -0.2) is 21.2 Å². The monoisotopic (exact) mass is 374 g/mol. The van der Waals surface area contributed by atoms with Gasteiger partial charge in [-0.05, 0) is 32.1 Å². The van der Waals surface area contributed by atoms with E-state index in [1.54, 1.807) is 41.7 Å². The van der Waals surface area contributed by atoms with Crippen molar-refractivity contribution in [1.82, 2.24) is 20.2 Å². The molecular formula is C17H15ClN4O2S. The molecule has 0 aliphatic rings. The van der Waals surface area contributed by atoms with Crippen LogP contribution in [0.1, 0.15) is 26.6 Å². The van der Waals surface area contributed by atoms with E-state index in [0.717, 1.165) is 21.2 Å². The number of thiazole rings is 1. The second kappa shape index (κ2) is 7.08. The van der Waals surface area contributed by atoms with Gasteiger partial charge in [0.1, 0.15) is 0 Å². The standard InChI is InChI=1S/C17H15ClN4O2S/c1-10-9-22-14(11(2)19-17(22)25-10)7-8-15(23)20-21-16(24)12-5-3-4-6-13(12)18/h3-9H,1-2H3,(H,20,23)(H,21,24). The molecule has 0 aliphatic heterocycles. The molecule has 0 radical (unpaired) electrons. The first kappa shape index (κ1) is 17.2. The van der Waals surface area contributed by atoms with Crippen LogP contribution in [0.15, 0.2) is 36.5 Å². The fourth-order valence-electron chi connectivity index (χ4n) is 2.31. The van der Waals surface area contributed by atoms with Gasteiger partial charge in [0.2, 0.25) is 0 Å². The molecule has 6 nitrogen and oxygen atoms in total. The van der Waals surface area contributed by atoms with E-state index in [0.29, 0.717) is 5.02 Å². The molecule has 3 rings (SSSR count). The molecule has 2 heterocycles. The molecule has 0 saturated heterocycles. The van der Waals surface area contributed by atoms with Crippen LogP contribution in [0.4, 0.5) is 0 Å². The van der Waals surface area contributed by atoms with Gasteiger partial charge in [-0.1, -0.05) is 23.7 Å². The molecule has 0 bridgehead atoms. The number of carbonyl (C=O) groups excluding carboxylic acids is 2. The zero-order chi connectivity index (χ0) is 18.0. The highest BCUT2D eigenvalue weighted by Gasteiger charge is 2.11. The number of nitrogens with zero attached hydrogens (tertiary/aromatic N) is 2. The number of fused-ring (bicyclic) bond motifs is 1. The van der Waals surface area contributed by atoms with Gasteiger partial charge in [0, 0.05) is 17.2 Å². The summed E-state index contributed by atoms with van der Waals surface area (Å²) in [5.74, 6) is -0.939. The van der Waals surface area contributed by atoms with Crippen molar-refractivity contribution >= 4 is 45.8 Å². The average Bonchev–Trinajstić information content (AvgIpc) is 3.06. The molecule has 3 aromatic rings. The maximum Gasteiger partial charge on any atom is 0.271 e. The number of imidazole rings is 1. The molecule has 0 atom stereocenters. The second-order valence-corrected chi connectivity index (χ2v) is 6.95. The summed E-state index contributed by atoms with van der Waals surface area (Å²) in [5, 5.41) is 0.315. The van der Waals surface area contributed by atoms with Crippen molar-refractivity contribution in [2.45, 2.75) is 13.8 Å². The lowest BCUT2D eigenvalue weighted by Crippen LogP contribution is -2.40. The highest BCUT2D eigenvalue weighted by molar-refractivity contribution is 7.17. The fourth-order valence-corrected chi connectivity index (χ4v) is 3.41. The van der Waals surface area contributed by atoms with Gasteiger partial charge in [-0.25, -0.2) is 4.98 Å². The predicted octanol–water partition coefficient (Wildman–Crippen LogP) is 3.14. The van der Waals surface area contributed by atoms with Gasteiger partial charge in [0.05, 0.1) is 22.0 Å². The Bertz CT molecular complexity index is 990. The first-order valence-electron chi connectivity index (χ1n) is 7.43. The van der Waals surface area contributed by atoms with E-state index in [1.807, 2.05) is 24.4 Å². The summed E-state index contributed by atoms with van der Waals surface area (Å²) in [5.41, 5.74) is 6.61. The number of hydrazine groups is 1. The van der Waals surface area contributed by atoms with Crippen LogP contribution < -0.4 is 10.9 Å². The van der Waals surface area contributed by atoms with E-state index in [-0.39, 0.29) is 5.56 Å². The van der Waals surface area contributed by atoms with Crippen molar-refractivity contribution in [1.29, 1.82) is 0 Å². The Balaban J connectivity index is 1.66. The lowest BCUT2D eigenvalue weighted by atomic mass is 10.2. The summed E-state index contributed by atoms with van der Waals surface area (Å²) in [4.78, 5) is 30.4. The molecule has 2 aromatic heterocycles. The fraction of sp³-hybridized carbons (Fsp3) is 0.118. The zero-order valence-electron chi connectivity index (χ0n) is 13.5. The van der Waals surface area contributed by atoms with E-state index in [1.165, 1.54) is 6.08 Å². The van der Waals surface area contributed by atoms with Crippen molar-refractivity contribution in [3.63, 3.8) is 0 Å². The van der Waals surface area contributed by atoms with Crippen LogP contribution in [0.25, 0.3) is 11.0 Å². The molecule has 25 heavy (non-hydrogen) atoms. The van der Waals surface area contributed by atoms with Crippen molar-refractivity contribution in [3.8, 4) is 0 Å². The van der Waals surface area contributed by atoms with Gasteiger partial charge < -0.3 is 0 Å². The van der Waals surface area contributed by atoms with Gasteiger partial charge in [0.25, 0.3) is 11.8 Å². The minimum atomic E-state index is -0.483. The highest BCUT2D eigenvalue weighted by atomic mass is 35.5. The molecule has 0 spiro atoms. The Kier molecular flexibility index (Phi) is 4.87. The van der Waals surface area contributed by atoms with Crippen LogP contribution in [0, 0.1) is 13.8 Å². The van der Waals surface area contributed by atoms with Crippen molar-refractivity contribution in [2.75, 3.05) is 0 Å². The molecule has 8 heteroatoms. The molecule has 0 unspecified atom stereocenters. The summed E-state index contributed by atoms with van der Waals surface area (Å²) in [6.45, 7) is 3.88. The summed E-state index contributed by atoms with van der Waals surface area (Å²) in [6, 6.07) is 6.60. The lowest BCUT2D eigenvalue weighted by Gasteiger charge is -2.06. The first-order valence-corrected chi connectivity index (χ1v) is 8.63. The van der Waals surface area contributed by atoms with Crippen LogP contribution >= 0.6 is 22.9 Å². The van der Waals surface area contributed by atoms with Gasteiger partial charge in [-0.3, -0.25) is 24.8 Å². The third-order valence-corrected chi connectivity index (χ3v) is 4.70. The number of rotatable bonds is 3. The summed E-state index contributed by atoms with van der Waals surface area (Å²) >= 11 is 7.52. The molecule has 128 valence electrons. The number of benzene rings is 1. The average molecular weight is 375 g/mol. The SMILES string of the molecule is Cc1cn2c(C=CC(=O)NNC(=O)c3ccccc3Cl)c(C)nc2s1. The third-order valence-electron chi connectivity index (χ3n) is 3.47. The minimum absolute atomic E-state index is 0.288. The Hall–Kier alpha value is -2.64. The van der Waals surface area contributed by atoms with Gasteiger partial charge in [-0.2, -0.15) is 0 Å². The molecular weight excluding hydrogens is 360 g/mol. The largest absolute Gasteiger partial charge is 0.290 e. The quantitative estimate of drug-likeness (QED) is 0.546. The van der Waals surface area contributed by atoms with Crippen molar-refractivity contribution in [2.24, 2.45) is 0 Å². The highest BCUT2D eigenvalue weighted by Crippen LogP contribution is 2.21. The van der Waals surface area contributed by atoms with Crippen LogP contribution in [0.5, 0.6) is 0 Å². The van der Waals surface area contributed by atoms with E-state index in [9.17, 15) is 9.59 Å². The molecule has 2 N–H and O–H groups in total. The number of hydrogen-bond donors (Lipinski definition) is 2. The first-order chi connectivity index (χ1) is 12.0. The predicted molar refractivity (Wildman–Crippen MR) is 98.6 cm³/mol. The van der Waals surface area contributed by atoms with Crippen molar-refractivity contribution < 1.29 is 9.59 Å². The maximum atomic E-state index is 12.0. The smallest absolute Gasteiger partial charge is 0.271 e. The van der Waals surface area contributed by atoms with E-state index in [2.05, 4.69) is 15.8 Å². The van der Waals surface area contributed by atoms with E-state index in [4.69, 9.17) is 11.6 Å². The lowest BCUT2D eigenvalue weighted by molar-refractivity contribution is -0.117. The third kappa shape index (κ3) is 3.72. The Labute approximate surface area is 153 Å². The summed E-state index contributed by atoms with van der Waals surface area (Å²) < 4.78 is 1.93. The number of aromatic nitrogens is 2. The minimum Gasteiger partial charge on any atom is -0.290 e. The van der Waals surface area contributed by atoms with E-state index >= 15 is 0 Å². The van der Waals surface area contributed by atoms with Gasteiger partial charge >= 0.3 is 0 Å². The molecule has 1 aromatic carbocycles. The molecule has 0 saturated carbocycles. The second-order valence-electron chi connectivity index (χ2n) is 5.33. The van der Waals surface area contributed by atoms with Crippen LogP contribution in [-0.2, 0) is 4.79 Å². The number of halogens is 1. The number of hydrogen-bond acceptors (Lipinski definition) is 4.